The fraction of sp³-hybridized carbons (Fsp3) is 0.318. The van der Waals surface area contributed by atoms with E-state index in [1.54, 1.807) is 50.4 Å². The number of aromatic nitrogens is 2. The van der Waals surface area contributed by atoms with Crippen molar-refractivity contribution in [2.75, 3.05) is 20.1 Å². The van der Waals surface area contributed by atoms with E-state index in [1.807, 2.05) is 0 Å². The van der Waals surface area contributed by atoms with Crippen molar-refractivity contribution in [3.63, 3.8) is 0 Å². The molecule has 10 heteroatoms. The lowest BCUT2D eigenvalue weighted by Crippen LogP contribution is -2.29. The van der Waals surface area contributed by atoms with Crippen LogP contribution >= 0.6 is 11.8 Å². The molecule has 4 rings (SSSR count). The zero-order valence-electron chi connectivity index (χ0n) is 17.8. The number of para-hydroxylation sites is 1. The average molecular weight is 473 g/mol. The van der Waals surface area contributed by atoms with Gasteiger partial charge in [0, 0.05) is 20.1 Å². The molecule has 1 saturated heterocycles. The van der Waals surface area contributed by atoms with Gasteiger partial charge in [-0.05, 0) is 50.1 Å². The van der Waals surface area contributed by atoms with Gasteiger partial charge in [0.2, 0.25) is 15.9 Å². The van der Waals surface area contributed by atoms with Crippen LogP contribution in [0.2, 0.25) is 0 Å². The van der Waals surface area contributed by atoms with Gasteiger partial charge in [-0.3, -0.25) is 14.2 Å². The summed E-state index contributed by atoms with van der Waals surface area (Å²) in [6.07, 6.45) is 1.68. The zero-order chi connectivity index (χ0) is 22.9. The average Bonchev–Trinajstić information content (AvgIpc) is 3.35. The molecule has 1 atom stereocenters. The fourth-order valence-electron chi connectivity index (χ4n) is 3.69. The molecule has 2 heterocycles. The van der Waals surface area contributed by atoms with Crippen LogP contribution in [0.4, 0.5) is 0 Å². The van der Waals surface area contributed by atoms with Crippen molar-refractivity contribution >= 4 is 38.6 Å². The molecule has 0 radical (unpaired) electrons. The Kier molecular flexibility index (Phi) is 6.36. The lowest BCUT2D eigenvalue weighted by atomic mass is 10.2. The maximum absolute atomic E-state index is 13.4. The van der Waals surface area contributed by atoms with Gasteiger partial charge < -0.3 is 5.32 Å². The number of hydrogen-bond acceptors (Lipinski definition) is 6. The highest BCUT2D eigenvalue weighted by molar-refractivity contribution is 8.00. The van der Waals surface area contributed by atoms with Gasteiger partial charge in [-0.2, -0.15) is 4.31 Å². The summed E-state index contributed by atoms with van der Waals surface area (Å²) < 4.78 is 29.0. The van der Waals surface area contributed by atoms with Crippen LogP contribution in [0, 0.1) is 0 Å². The summed E-state index contributed by atoms with van der Waals surface area (Å²) in [7, 11) is -2.10. The Morgan fingerprint density at radius 2 is 1.84 bits per heavy atom. The van der Waals surface area contributed by atoms with Gasteiger partial charge in [-0.25, -0.2) is 13.4 Å². The van der Waals surface area contributed by atoms with Crippen molar-refractivity contribution in [1.82, 2.24) is 19.2 Å². The maximum Gasteiger partial charge on any atom is 0.266 e. The first-order chi connectivity index (χ1) is 15.3. The van der Waals surface area contributed by atoms with E-state index in [2.05, 4.69) is 10.3 Å². The van der Waals surface area contributed by atoms with Crippen LogP contribution in [0.15, 0.2) is 63.4 Å². The summed E-state index contributed by atoms with van der Waals surface area (Å²) in [5, 5.41) is 2.83. The van der Waals surface area contributed by atoms with Crippen molar-refractivity contribution in [3.05, 3.63) is 58.9 Å². The fourth-order valence-corrected chi connectivity index (χ4v) is 6.24. The standard InChI is InChI=1S/C22H24N4O4S2/c1-15(20(27)23-2)31-22-24-19-11-4-3-10-18(19)21(28)26(22)16-8-7-9-17(14-16)32(29,30)25-12-5-6-13-25/h3-4,7-11,14-15H,5-6,12-13H2,1-2H3,(H,23,27)/t15-/m1/s1. The van der Waals surface area contributed by atoms with Gasteiger partial charge >= 0.3 is 0 Å². The molecule has 0 aliphatic carbocycles. The van der Waals surface area contributed by atoms with Crippen molar-refractivity contribution < 1.29 is 13.2 Å². The van der Waals surface area contributed by atoms with Crippen LogP contribution < -0.4 is 10.9 Å². The zero-order valence-corrected chi connectivity index (χ0v) is 19.4. The second-order valence-corrected chi connectivity index (χ2v) is 10.8. The third-order valence-corrected chi connectivity index (χ3v) is 8.37. The van der Waals surface area contributed by atoms with E-state index in [1.165, 1.54) is 21.0 Å². The van der Waals surface area contributed by atoms with Crippen LogP contribution in [0.25, 0.3) is 16.6 Å². The molecule has 1 aliphatic rings. The first-order valence-corrected chi connectivity index (χ1v) is 12.7. The number of sulfonamides is 1. The summed E-state index contributed by atoms with van der Waals surface area (Å²) in [6.45, 7) is 2.72. The van der Waals surface area contributed by atoms with E-state index < -0.39 is 15.3 Å². The number of carbonyl (C=O) groups excluding carboxylic acids is 1. The number of carbonyl (C=O) groups is 1. The van der Waals surface area contributed by atoms with E-state index >= 15 is 0 Å². The quantitative estimate of drug-likeness (QED) is 0.437. The first kappa shape index (κ1) is 22.5. The summed E-state index contributed by atoms with van der Waals surface area (Å²) in [5.41, 5.74) is 0.583. The van der Waals surface area contributed by atoms with Gasteiger partial charge in [0.05, 0.1) is 26.7 Å². The third-order valence-electron chi connectivity index (χ3n) is 5.42. The smallest absolute Gasteiger partial charge is 0.266 e. The monoisotopic (exact) mass is 472 g/mol. The SMILES string of the molecule is CNC(=O)[C@@H](C)Sc1nc2ccccc2c(=O)n1-c1cccc(S(=O)(=O)N2CCCC2)c1. The molecule has 0 unspecified atom stereocenters. The number of thioether (sulfide) groups is 1. The molecule has 0 saturated carbocycles. The van der Waals surface area contributed by atoms with E-state index in [-0.39, 0.29) is 16.4 Å². The second kappa shape index (κ2) is 9.05. The molecule has 32 heavy (non-hydrogen) atoms. The highest BCUT2D eigenvalue weighted by Crippen LogP contribution is 2.27. The molecular weight excluding hydrogens is 448 g/mol. The third kappa shape index (κ3) is 4.17. The Morgan fingerprint density at radius 3 is 2.56 bits per heavy atom. The van der Waals surface area contributed by atoms with Gasteiger partial charge in [-0.15, -0.1) is 0 Å². The Balaban J connectivity index is 1.88. The van der Waals surface area contributed by atoms with Crippen LogP contribution in [0.3, 0.4) is 0 Å². The van der Waals surface area contributed by atoms with Gasteiger partial charge in [0.25, 0.3) is 5.56 Å². The lowest BCUT2D eigenvalue weighted by molar-refractivity contribution is -0.119. The predicted molar refractivity (Wildman–Crippen MR) is 125 cm³/mol. The summed E-state index contributed by atoms with van der Waals surface area (Å²) in [5.74, 6) is -0.200. The van der Waals surface area contributed by atoms with Crippen LogP contribution in [0.1, 0.15) is 19.8 Å². The second-order valence-electron chi connectivity index (χ2n) is 7.53. The molecule has 8 nitrogen and oxygen atoms in total. The van der Waals surface area contributed by atoms with Crippen LogP contribution in [-0.2, 0) is 14.8 Å². The van der Waals surface area contributed by atoms with E-state index in [0.717, 1.165) is 24.6 Å². The van der Waals surface area contributed by atoms with Crippen LogP contribution in [0.5, 0.6) is 0 Å². The number of benzene rings is 2. The first-order valence-electron chi connectivity index (χ1n) is 10.3. The Hall–Kier alpha value is -2.69. The van der Waals surface area contributed by atoms with Crippen molar-refractivity contribution in [2.45, 2.75) is 35.1 Å². The van der Waals surface area contributed by atoms with Crippen molar-refractivity contribution in [1.29, 1.82) is 0 Å². The highest BCUT2D eigenvalue weighted by atomic mass is 32.2. The topological polar surface area (TPSA) is 101 Å². The molecule has 0 spiro atoms. The minimum absolute atomic E-state index is 0.132. The molecule has 168 valence electrons. The minimum atomic E-state index is -3.65. The minimum Gasteiger partial charge on any atom is -0.358 e. The number of rotatable bonds is 6. The molecule has 3 aromatic rings. The maximum atomic E-state index is 13.4. The largest absolute Gasteiger partial charge is 0.358 e. The molecule has 1 N–H and O–H groups in total. The van der Waals surface area contributed by atoms with Gasteiger partial charge in [0.15, 0.2) is 5.16 Å². The van der Waals surface area contributed by atoms with Crippen molar-refractivity contribution in [3.8, 4) is 5.69 Å². The van der Waals surface area contributed by atoms with Crippen LogP contribution in [-0.4, -0.2) is 53.6 Å². The number of nitrogens with zero attached hydrogens (tertiary/aromatic N) is 3. The van der Waals surface area contributed by atoms with E-state index in [0.29, 0.717) is 34.8 Å². The molecule has 1 aliphatic heterocycles. The molecule has 2 aromatic carbocycles. The Labute approximate surface area is 190 Å². The molecule has 1 amide bonds. The molecule has 0 bridgehead atoms. The lowest BCUT2D eigenvalue weighted by Gasteiger charge is -2.18. The van der Waals surface area contributed by atoms with E-state index in [4.69, 9.17) is 0 Å². The van der Waals surface area contributed by atoms with Crippen molar-refractivity contribution in [2.24, 2.45) is 0 Å². The summed E-state index contributed by atoms with van der Waals surface area (Å²) >= 11 is 1.15. The molecule has 1 aromatic heterocycles. The number of fused-ring (bicyclic) bond motifs is 1. The normalized spacial score (nSPS) is 15.7. The Bertz CT molecular complexity index is 1330. The van der Waals surface area contributed by atoms with Gasteiger partial charge in [-0.1, -0.05) is 30.0 Å². The Morgan fingerprint density at radius 1 is 1.12 bits per heavy atom. The molecular formula is C22H24N4O4S2. The summed E-state index contributed by atoms with van der Waals surface area (Å²) in [6, 6.07) is 13.3. The predicted octanol–water partition coefficient (Wildman–Crippen LogP) is 2.40. The van der Waals surface area contributed by atoms with E-state index in [9.17, 15) is 18.0 Å². The summed E-state index contributed by atoms with van der Waals surface area (Å²) in [4.78, 5) is 30.3. The van der Waals surface area contributed by atoms with Gasteiger partial charge in [0.1, 0.15) is 0 Å². The number of nitrogens with one attached hydrogen (secondary N) is 1. The molecule has 1 fully saturated rings. The highest BCUT2D eigenvalue weighted by Gasteiger charge is 2.28. The number of hydrogen-bond donors (Lipinski definition) is 1. The number of amides is 1.